The number of likely N-dealkylation sites (tertiary alicyclic amines) is 1. The van der Waals surface area contributed by atoms with E-state index in [9.17, 15) is 28.8 Å². The average molecular weight is 952 g/mol. The van der Waals surface area contributed by atoms with Crippen LogP contribution in [0.1, 0.15) is 126 Å². The van der Waals surface area contributed by atoms with E-state index in [1.54, 1.807) is 26.2 Å². The number of nitrogens with one attached hydrogen (secondary N) is 2. The molecule has 1 fully saturated rings. The van der Waals surface area contributed by atoms with Crippen molar-refractivity contribution in [1.29, 1.82) is 0 Å². The number of carbonyl (C=O) groups excluding carboxylic acids is 5. The van der Waals surface area contributed by atoms with Crippen LogP contribution in [0, 0.1) is 29.6 Å². The monoisotopic (exact) mass is 952 g/mol. The fourth-order valence-electron chi connectivity index (χ4n) is 8.96. The van der Waals surface area contributed by atoms with Gasteiger partial charge in [0.25, 0.3) is 0 Å². The molecule has 1 heterocycles. The second-order valence-corrected chi connectivity index (χ2v) is 18.9. The minimum Gasteiger partial charge on any atom is -0.481 e. The van der Waals surface area contributed by atoms with Gasteiger partial charge < -0.3 is 35.0 Å². The summed E-state index contributed by atoms with van der Waals surface area (Å²) in [5.74, 6) is -1.26. The second kappa shape index (κ2) is 32.2. The van der Waals surface area contributed by atoms with Crippen LogP contribution in [-0.4, -0.2) is 133 Å². The Labute approximate surface area is 409 Å². The maximum Gasteiger partial charge on any atom is 0.303 e. The highest BCUT2D eigenvalue weighted by atomic mass is 16.5. The van der Waals surface area contributed by atoms with Crippen LogP contribution in [0.25, 0.3) is 0 Å². The zero-order valence-corrected chi connectivity index (χ0v) is 44.3. The van der Waals surface area contributed by atoms with E-state index in [4.69, 9.17) is 14.6 Å². The van der Waals surface area contributed by atoms with Crippen molar-refractivity contribution in [2.24, 2.45) is 29.6 Å². The molecule has 384 valence electrons. The molecule has 0 radical (unpaired) electrons. The van der Waals surface area contributed by atoms with Gasteiger partial charge in [-0.25, -0.2) is 0 Å². The van der Waals surface area contributed by atoms with Crippen molar-refractivity contribution in [3.63, 3.8) is 0 Å². The highest BCUT2D eigenvalue weighted by Crippen LogP contribution is 2.30. The van der Waals surface area contributed by atoms with Crippen LogP contribution in [0.5, 0.6) is 0 Å². The van der Waals surface area contributed by atoms with Crippen molar-refractivity contribution in [3.8, 4) is 0 Å². The third-order valence-corrected chi connectivity index (χ3v) is 13.2. The van der Waals surface area contributed by atoms with Crippen LogP contribution in [0.2, 0.25) is 0 Å². The van der Waals surface area contributed by atoms with Crippen LogP contribution in [0.15, 0.2) is 60.7 Å². The van der Waals surface area contributed by atoms with Crippen molar-refractivity contribution in [2.45, 2.75) is 164 Å². The first-order chi connectivity index (χ1) is 32.2. The maximum absolute atomic E-state index is 13.8. The third-order valence-electron chi connectivity index (χ3n) is 13.2. The number of nitrogens with zero attached hydrogens (tertiary/aromatic N) is 3. The number of Topliss-reactive ketones (excluding diaryl/α,β-unsaturated/α-hetero) is 1. The van der Waals surface area contributed by atoms with E-state index < -0.39 is 30.1 Å². The van der Waals surface area contributed by atoms with E-state index in [2.05, 4.69) is 31.4 Å². The van der Waals surface area contributed by atoms with Crippen LogP contribution in [0.4, 0.5) is 0 Å². The standard InChI is InChI=1S/C36H53N3O5.C16H30N2O4.C2H6/c1-8-25(2)26(3)32(43-6)23-33(40)39-21-15-20-31(39)34(44-7)27(4)35(41)37-30(22-28-16-11-9-12-17-28)36(42)38(5)24-29-18-13-10-14-19-29;1-10(2)14(12(5)19)17-16(22)15(11(3)4)18(6)9-7-8-13(20)21;1-2/h9-14,16-19,25-27,30-32,34H,8,15,20-24H2,1-7H3,(H,37,41);10-11,14-15H,7-9H2,1-6H3,(H,17,22)(H,20,21);1-2H3/t25-,26-,27?,30-,31-,32+,34+;14-,15?;/m00./s1. The summed E-state index contributed by atoms with van der Waals surface area (Å²) in [4.78, 5) is 81.2. The van der Waals surface area contributed by atoms with Gasteiger partial charge in [0.2, 0.25) is 23.6 Å². The van der Waals surface area contributed by atoms with E-state index >= 15 is 0 Å². The van der Waals surface area contributed by atoms with Crippen molar-refractivity contribution in [2.75, 3.05) is 41.4 Å². The fraction of sp³-hybridized carbons (Fsp3) is 0.667. The second-order valence-electron chi connectivity index (χ2n) is 18.9. The molecule has 9 atom stereocenters. The topological polar surface area (TPSA) is 175 Å². The van der Waals surface area contributed by atoms with Crippen molar-refractivity contribution in [1.82, 2.24) is 25.3 Å². The molecule has 4 amide bonds. The molecule has 1 aliphatic heterocycles. The first-order valence-corrected chi connectivity index (χ1v) is 24.9. The summed E-state index contributed by atoms with van der Waals surface area (Å²) in [6.07, 6.45) is 3.20. The van der Waals surface area contributed by atoms with E-state index in [1.165, 1.54) is 6.92 Å². The molecule has 0 bridgehead atoms. The fourth-order valence-corrected chi connectivity index (χ4v) is 8.96. The predicted molar refractivity (Wildman–Crippen MR) is 271 cm³/mol. The normalized spacial score (nSPS) is 17.0. The van der Waals surface area contributed by atoms with Crippen LogP contribution >= 0.6 is 0 Å². The first kappa shape index (κ1) is 61.4. The summed E-state index contributed by atoms with van der Waals surface area (Å²) >= 11 is 0. The van der Waals surface area contributed by atoms with Gasteiger partial charge in [-0.05, 0) is 74.6 Å². The molecule has 0 saturated carbocycles. The number of carboxylic acids is 1. The highest BCUT2D eigenvalue weighted by Gasteiger charge is 2.41. The molecule has 14 heteroatoms. The van der Waals surface area contributed by atoms with Gasteiger partial charge in [-0.1, -0.05) is 136 Å². The van der Waals surface area contributed by atoms with Crippen molar-refractivity contribution < 1.29 is 43.3 Å². The van der Waals surface area contributed by atoms with E-state index in [-0.39, 0.29) is 71.8 Å². The number of rotatable bonds is 26. The number of likely N-dealkylation sites (N-methyl/N-ethyl adjacent to an activating group) is 2. The van der Waals surface area contributed by atoms with Gasteiger partial charge in [0.1, 0.15) is 6.04 Å². The Balaban J connectivity index is 0.000000812. The van der Waals surface area contributed by atoms with E-state index in [0.29, 0.717) is 44.8 Å². The highest BCUT2D eigenvalue weighted by molar-refractivity contribution is 5.90. The largest absolute Gasteiger partial charge is 0.481 e. The van der Waals surface area contributed by atoms with Gasteiger partial charge in [-0.3, -0.25) is 33.7 Å². The van der Waals surface area contributed by atoms with Gasteiger partial charge >= 0.3 is 5.97 Å². The number of hydrogen-bond acceptors (Lipinski definition) is 9. The average Bonchev–Trinajstić information content (AvgIpc) is 3.80. The van der Waals surface area contributed by atoms with Gasteiger partial charge in [0.15, 0.2) is 5.78 Å². The molecule has 1 aliphatic rings. The molecule has 0 spiro atoms. The number of carboxylic acid groups (broad SMARTS) is 1. The van der Waals surface area contributed by atoms with Gasteiger partial charge in [0.05, 0.1) is 42.7 Å². The molecule has 0 aromatic heterocycles. The van der Waals surface area contributed by atoms with Gasteiger partial charge in [0, 0.05) is 47.2 Å². The lowest BCUT2D eigenvalue weighted by Gasteiger charge is -2.36. The number of ketones is 1. The Morgan fingerprint density at radius 1 is 0.809 bits per heavy atom. The van der Waals surface area contributed by atoms with Crippen LogP contribution < -0.4 is 10.6 Å². The lowest BCUT2D eigenvalue weighted by atomic mass is 9.87. The van der Waals surface area contributed by atoms with Crippen molar-refractivity contribution in [3.05, 3.63) is 71.8 Å². The molecule has 3 N–H and O–H groups in total. The molecule has 3 rings (SSSR count). The molecule has 1 saturated heterocycles. The Morgan fingerprint density at radius 2 is 1.38 bits per heavy atom. The third kappa shape index (κ3) is 20.1. The molecular formula is C54H89N5O9. The molecule has 2 aromatic rings. The number of ether oxygens (including phenoxy) is 2. The quantitative estimate of drug-likeness (QED) is 0.0850. The predicted octanol–water partition coefficient (Wildman–Crippen LogP) is 7.67. The summed E-state index contributed by atoms with van der Waals surface area (Å²) in [5.41, 5.74) is 1.98. The first-order valence-electron chi connectivity index (χ1n) is 24.9. The molecular weight excluding hydrogens is 863 g/mol. The summed E-state index contributed by atoms with van der Waals surface area (Å²) < 4.78 is 11.7. The molecule has 2 aromatic carbocycles. The minimum absolute atomic E-state index is 0.0313. The van der Waals surface area contributed by atoms with Crippen molar-refractivity contribution >= 4 is 35.4 Å². The number of hydrogen-bond donors (Lipinski definition) is 3. The lowest BCUT2D eigenvalue weighted by Crippen LogP contribution is -2.54. The SMILES string of the molecule is CC.CC(=O)[C@@H](NC(=O)C(C(C)C)N(C)CCCC(=O)O)C(C)C.CC[C@H](C)[C@H](C)[C@@H](CC(=O)N1CCC[C@H]1[C@H](OC)C(C)C(=O)N[C@@H](Cc1ccccc1)C(=O)N(C)Cc1ccccc1)OC. The van der Waals surface area contributed by atoms with Gasteiger partial charge in [-0.2, -0.15) is 0 Å². The van der Waals surface area contributed by atoms with Crippen LogP contribution in [0.3, 0.4) is 0 Å². The smallest absolute Gasteiger partial charge is 0.303 e. The molecule has 2 unspecified atom stereocenters. The zero-order valence-electron chi connectivity index (χ0n) is 44.3. The number of aliphatic carboxylic acids is 1. The minimum atomic E-state index is -0.838. The summed E-state index contributed by atoms with van der Waals surface area (Å²) in [6, 6.07) is 17.7. The number of carbonyl (C=O) groups is 6. The summed E-state index contributed by atoms with van der Waals surface area (Å²) in [7, 11) is 6.84. The Morgan fingerprint density at radius 3 is 1.87 bits per heavy atom. The molecule has 68 heavy (non-hydrogen) atoms. The molecule has 0 aliphatic carbocycles. The summed E-state index contributed by atoms with van der Waals surface area (Å²) in [5, 5.41) is 14.6. The zero-order chi connectivity index (χ0) is 51.7. The number of benzene rings is 2. The number of amides is 4. The van der Waals surface area contributed by atoms with Gasteiger partial charge in [-0.15, -0.1) is 0 Å². The Bertz CT molecular complexity index is 1800. The summed E-state index contributed by atoms with van der Waals surface area (Å²) in [6.45, 7) is 23.1. The Kier molecular flexibility index (Phi) is 29.1. The number of methoxy groups -OCH3 is 2. The maximum atomic E-state index is 13.8. The van der Waals surface area contributed by atoms with E-state index in [0.717, 1.165) is 30.4 Å². The Hall–Kier alpha value is -4.66. The lowest BCUT2D eigenvalue weighted by molar-refractivity contribution is -0.143. The van der Waals surface area contributed by atoms with Crippen LogP contribution in [-0.2, 0) is 51.2 Å². The van der Waals surface area contributed by atoms with E-state index in [1.807, 2.05) is 126 Å². The molecule has 14 nitrogen and oxygen atoms in total.